The molecular formula is C12H23NO4. The SMILES string of the molecule is CCOC(=O)CCC(=O)N(CCOC)C(C)C. The van der Waals surface area contributed by atoms with Crippen LogP contribution in [0.25, 0.3) is 0 Å². The summed E-state index contributed by atoms with van der Waals surface area (Å²) in [6.07, 6.45) is 0.337. The molecule has 17 heavy (non-hydrogen) atoms. The number of ether oxygens (including phenoxy) is 2. The predicted molar refractivity (Wildman–Crippen MR) is 64.6 cm³/mol. The Morgan fingerprint density at radius 2 is 1.88 bits per heavy atom. The maximum Gasteiger partial charge on any atom is 0.306 e. The molecule has 0 unspecified atom stereocenters. The fourth-order valence-corrected chi connectivity index (χ4v) is 1.45. The summed E-state index contributed by atoms with van der Waals surface area (Å²) in [5.74, 6) is -0.360. The number of carbonyl (C=O) groups excluding carboxylic acids is 2. The molecule has 0 spiro atoms. The fraction of sp³-hybridized carbons (Fsp3) is 0.833. The first-order valence-electron chi connectivity index (χ1n) is 5.96. The summed E-state index contributed by atoms with van der Waals surface area (Å²) in [5.41, 5.74) is 0. The van der Waals surface area contributed by atoms with E-state index in [0.29, 0.717) is 19.8 Å². The average molecular weight is 245 g/mol. The van der Waals surface area contributed by atoms with Crippen molar-refractivity contribution < 1.29 is 19.1 Å². The van der Waals surface area contributed by atoms with Crippen molar-refractivity contribution in [1.29, 1.82) is 0 Å². The molecule has 0 atom stereocenters. The first-order valence-corrected chi connectivity index (χ1v) is 5.96. The summed E-state index contributed by atoms with van der Waals surface area (Å²) in [6.45, 7) is 7.04. The van der Waals surface area contributed by atoms with Gasteiger partial charge in [0.2, 0.25) is 5.91 Å². The zero-order valence-corrected chi connectivity index (χ0v) is 11.2. The van der Waals surface area contributed by atoms with Crippen molar-refractivity contribution in [3.63, 3.8) is 0 Å². The molecule has 0 fully saturated rings. The Bertz CT molecular complexity index is 241. The molecule has 0 heterocycles. The van der Waals surface area contributed by atoms with Crippen LogP contribution in [0.1, 0.15) is 33.6 Å². The molecule has 1 amide bonds. The van der Waals surface area contributed by atoms with E-state index in [2.05, 4.69) is 0 Å². The first-order chi connectivity index (χ1) is 8.02. The number of hydrogen-bond donors (Lipinski definition) is 0. The summed E-state index contributed by atoms with van der Waals surface area (Å²) >= 11 is 0. The Hall–Kier alpha value is -1.10. The van der Waals surface area contributed by atoms with Crippen LogP contribution in [0.15, 0.2) is 0 Å². The Morgan fingerprint density at radius 1 is 1.24 bits per heavy atom. The zero-order chi connectivity index (χ0) is 13.3. The van der Waals surface area contributed by atoms with Crippen molar-refractivity contribution in [1.82, 2.24) is 4.90 Å². The van der Waals surface area contributed by atoms with E-state index in [4.69, 9.17) is 9.47 Å². The van der Waals surface area contributed by atoms with Gasteiger partial charge in [0.15, 0.2) is 0 Å². The minimum Gasteiger partial charge on any atom is -0.466 e. The van der Waals surface area contributed by atoms with Gasteiger partial charge in [0.1, 0.15) is 0 Å². The second-order valence-corrected chi connectivity index (χ2v) is 3.98. The van der Waals surface area contributed by atoms with Gasteiger partial charge >= 0.3 is 5.97 Å². The van der Waals surface area contributed by atoms with Gasteiger partial charge in [-0.2, -0.15) is 0 Å². The van der Waals surface area contributed by atoms with Crippen molar-refractivity contribution in [2.24, 2.45) is 0 Å². The molecule has 0 bridgehead atoms. The molecule has 0 rings (SSSR count). The van der Waals surface area contributed by atoms with E-state index in [0.717, 1.165) is 0 Å². The number of amides is 1. The number of methoxy groups -OCH3 is 1. The smallest absolute Gasteiger partial charge is 0.306 e. The van der Waals surface area contributed by atoms with Crippen LogP contribution in [-0.2, 0) is 19.1 Å². The van der Waals surface area contributed by atoms with Crippen LogP contribution in [-0.4, -0.2) is 49.7 Å². The third kappa shape index (κ3) is 6.94. The molecule has 0 N–H and O–H groups in total. The van der Waals surface area contributed by atoms with E-state index >= 15 is 0 Å². The summed E-state index contributed by atoms with van der Waals surface area (Å²) < 4.78 is 9.73. The van der Waals surface area contributed by atoms with Crippen molar-refractivity contribution in [2.45, 2.75) is 39.7 Å². The van der Waals surface area contributed by atoms with Gasteiger partial charge in [0, 0.05) is 26.1 Å². The standard InChI is InChI=1S/C12H23NO4/c1-5-17-12(15)7-6-11(14)13(10(2)3)8-9-16-4/h10H,5-9H2,1-4H3. The van der Waals surface area contributed by atoms with E-state index in [-0.39, 0.29) is 30.8 Å². The lowest BCUT2D eigenvalue weighted by Gasteiger charge is -2.26. The van der Waals surface area contributed by atoms with Crippen molar-refractivity contribution >= 4 is 11.9 Å². The second kappa shape index (κ2) is 8.98. The lowest BCUT2D eigenvalue weighted by atomic mass is 10.2. The van der Waals surface area contributed by atoms with Gasteiger partial charge < -0.3 is 14.4 Å². The van der Waals surface area contributed by atoms with Gasteiger partial charge in [-0.1, -0.05) is 0 Å². The van der Waals surface area contributed by atoms with Crippen molar-refractivity contribution in [3.8, 4) is 0 Å². The first kappa shape index (κ1) is 15.9. The van der Waals surface area contributed by atoms with Gasteiger partial charge in [-0.3, -0.25) is 9.59 Å². The Labute approximate surface area is 103 Å². The third-order valence-electron chi connectivity index (χ3n) is 2.33. The largest absolute Gasteiger partial charge is 0.466 e. The molecule has 0 aliphatic heterocycles. The van der Waals surface area contributed by atoms with E-state index in [1.165, 1.54) is 0 Å². The van der Waals surface area contributed by atoms with Crippen LogP contribution in [0.5, 0.6) is 0 Å². The molecule has 0 radical (unpaired) electrons. The molecule has 5 nitrogen and oxygen atoms in total. The van der Waals surface area contributed by atoms with Gasteiger partial charge in [-0.25, -0.2) is 0 Å². The number of carbonyl (C=O) groups is 2. The minimum atomic E-state index is -0.323. The van der Waals surface area contributed by atoms with E-state index in [1.807, 2.05) is 13.8 Å². The van der Waals surface area contributed by atoms with Crippen LogP contribution >= 0.6 is 0 Å². The van der Waals surface area contributed by atoms with Crippen molar-refractivity contribution in [2.75, 3.05) is 26.9 Å². The number of nitrogens with zero attached hydrogens (tertiary/aromatic N) is 1. The highest BCUT2D eigenvalue weighted by Crippen LogP contribution is 2.04. The highest BCUT2D eigenvalue weighted by Gasteiger charge is 2.17. The third-order valence-corrected chi connectivity index (χ3v) is 2.33. The van der Waals surface area contributed by atoms with E-state index in [9.17, 15) is 9.59 Å². The maximum atomic E-state index is 11.9. The van der Waals surface area contributed by atoms with Crippen LogP contribution in [0.4, 0.5) is 0 Å². The lowest BCUT2D eigenvalue weighted by molar-refractivity contribution is -0.146. The fourth-order valence-electron chi connectivity index (χ4n) is 1.45. The second-order valence-electron chi connectivity index (χ2n) is 3.98. The number of esters is 1. The molecule has 0 aromatic rings. The van der Waals surface area contributed by atoms with Crippen LogP contribution < -0.4 is 0 Å². The van der Waals surface area contributed by atoms with Crippen LogP contribution in [0.3, 0.4) is 0 Å². The molecule has 0 saturated heterocycles. The Balaban J connectivity index is 4.09. The van der Waals surface area contributed by atoms with Gasteiger partial charge in [-0.15, -0.1) is 0 Å². The Kier molecular flexibility index (Phi) is 8.40. The van der Waals surface area contributed by atoms with E-state index in [1.54, 1.807) is 18.9 Å². The van der Waals surface area contributed by atoms with Gasteiger partial charge in [0.25, 0.3) is 0 Å². The molecule has 100 valence electrons. The van der Waals surface area contributed by atoms with Gasteiger partial charge in [-0.05, 0) is 20.8 Å². The topological polar surface area (TPSA) is 55.8 Å². The van der Waals surface area contributed by atoms with Crippen LogP contribution in [0.2, 0.25) is 0 Å². The average Bonchev–Trinajstić information content (AvgIpc) is 2.27. The quantitative estimate of drug-likeness (QED) is 0.603. The monoisotopic (exact) mass is 245 g/mol. The highest BCUT2D eigenvalue weighted by molar-refractivity contribution is 5.81. The minimum absolute atomic E-state index is 0.0369. The highest BCUT2D eigenvalue weighted by atomic mass is 16.5. The molecule has 0 aromatic carbocycles. The Morgan fingerprint density at radius 3 is 2.35 bits per heavy atom. The van der Waals surface area contributed by atoms with Crippen molar-refractivity contribution in [3.05, 3.63) is 0 Å². The summed E-state index contributed by atoms with van der Waals surface area (Å²) in [5, 5.41) is 0. The number of rotatable bonds is 8. The molecular weight excluding hydrogens is 222 g/mol. The molecule has 0 saturated carbocycles. The maximum absolute atomic E-state index is 11.9. The molecule has 0 aromatic heterocycles. The summed E-state index contributed by atoms with van der Waals surface area (Å²) in [4.78, 5) is 24.7. The zero-order valence-electron chi connectivity index (χ0n) is 11.2. The summed E-state index contributed by atoms with van der Waals surface area (Å²) in [6, 6.07) is 0.111. The predicted octanol–water partition coefficient (Wildman–Crippen LogP) is 1.21. The van der Waals surface area contributed by atoms with E-state index < -0.39 is 0 Å². The molecule has 0 aliphatic rings. The number of hydrogen-bond acceptors (Lipinski definition) is 4. The summed E-state index contributed by atoms with van der Waals surface area (Å²) in [7, 11) is 1.60. The van der Waals surface area contributed by atoms with Crippen LogP contribution in [0, 0.1) is 0 Å². The molecule has 5 heteroatoms. The van der Waals surface area contributed by atoms with Gasteiger partial charge in [0.05, 0.1) is 19.6 Å². The lowest BCUT2D eigenvalue weighted by Crippen LogP contribution is -2.39. The normalized spacial score (nSPS) is 10.4. The molecule has 0 aliphatic carbocycles.